The number of hydrogen-bond donors (Lipinski definition) is 1. The van der Waals surface area contributed by atoms with Crippen molar-refractivity contribution < 1.29 is 4.79 Å². The van der Waals surface area contributed by atoms with Crippen LogP contribution >= 0.6 is 0 Å². The van der Waals surface area contributed by atoms with Crippen molar-refractivity contribution in [1.82, 2.24) is 10.2 Å². The van der Waals surface area contributed by atoms with Crippen LogP contribution in [0.4, 0.5) is 0 Å². The Morgan fingerprint density at radius 2 is 2.25 bits per heavy atom. The maximum absolute atomic E-state index is 12.0. The predicted octanol–water partition coefficient (Wildman–Crippen LogP) is 1.94. The van der Waals surface area contributed by atoms with Gasteiger partial charge < -0.3 is 10.2 Å². The Morgan fingerprint density at radius 3 is 2.75 bits per heavy atom. The Kier molecular flexibility index (Phi) is 5.00. The molecule has 0 radical (unpaired) electrons. The van der Waals surface area contributed by atoms with E-state index >= 15 is 0 Å². The Hall–Kier alpha value is -0.830. The van der Waals surface area contributed by atoms with Gasteiger partial charge in [0.1, 0.15) is 0 Å². The van der Waals surface area contributed by atoms with Gasteiger partial charge >= 0.3 is 0 Å². The summed E-state index contributed by atoms with van der Waals surface area (Å²) >= 11 is 0. The molecule has 1 fully saturated rings. The van der Waals surface area contributed by atoms with Crippen molar-refractivity contribution >= 4 is 5.91 Å². The van der Waals surface area contributed by atoms with Crippen LogP contribution in [-0.2, 0) is 4.79 Å². The number of allylic oxidation sites excluding steroid dienone is 1. The van der Waals surface area contributed by atoms with Crippen molar-refractivity contribution in [2.75, 3.05) is 6.54 Å². The van der Waals surface area contributed by atoms with Gasteiger partial charge in [-0.1, -0.05) is 6.08 Å². The van der Waals surface area contributed by atoms with E-state index in [1.165, 1.54) is 0 Å². The van der Waals surface area contributed by atoms with Crippen molar-refractivity contribution in [1.29, 1.82) is 0 Å². The quantitative estimate of drug-likeness (QED) is 0.699. The molecule has 16 heavy (non-hydrogen) atoms. The molecule has 0 aromatic carbocycles. The molecule has 3 heteroatoms. The largest absolute Gasteiger partial charge is 0.339 e. The van der Waals surface area contributed by atoms with E-state index in [1.54, 1.807) is 0 Å². The van der Waals surface area contributed by atoms with Gasteiger partial charge in [0.2, 0.25) is 5.91 Å². The van der Waals surface area contributed by atoms with Gasteiger partial charge in [-0.05, 0) is 40.0 Å². The number of carbonyl (C=O) groups excluding carboxylic acids is 1. The van der Waals surface area contributed by atoms with Crippen molar-refractivity contribution in [3.8, 4) is 0 Å². The summed E-state index contributed by atoms with van der Waals surface area (Å²) in [6, 6.07) is 0.740. The Balaban J connectivity index is 2.39. The standard InChI is InChI=1S/C13H24N2O/c1-5-6-7-11(4)14-12-8-9-15(10(2)3)13(12)16/h5,10-12,14H,1,6-9H2,2-4H3. The van der Waals surface area contributed by atoms with Gasteiger partial charge in [-0.2, -0.15) is 0 Å². The van der Waals surface area contributed by atoms with E-state index in [1.807, 2.05) is 11.0 Å². The second-order valence-electron chi connectivity index (χ2n) is 4.90. The highest BCUT2D eigenvalue weighted by Crippen LogP contribution is 2.15. The van der Waals surface area contributed by atoms with E-state index in [4.69, 9.17) is 0 Å². The number of amides is 1. The minimum Gasteiger partial charge on any atom is -0.339 e. The van der Waals surface area contributed by atoms with Crippen molar-refractivity contribution in [3.05, 3.63) is 12.7 Å². The SMILES string of the molecule is C=CCCC(C)NC1CCN(C(C)C)C1=O. The molecule has 0 aromatic heterocycles. The number of carbonyl (C=O) groups is 1. The third-order valence-corrected chi connectivity index (χ3v) is 3.15. The molecule has 2 atom stereocenters. The summed E-state index contributed by atoms with van der Waals surface area (Å²) in [5, 5.41) is 3.41. The number of nitrogens with zero attached hydrogens (tertiary/aromatic N) is 1. The summed E-state index contributed by atoms with van der Waals surface area (Å²) in [6.45, 7) is 10.9. The number of nitrogens with one attached hydrogen (secondary N) is 1. The van der Waals surface area contributed by atoms with Crippen molar-refractivity contribution in [2.45, 2.75) is 58.2 Å². The molecule has 0 bridgehead atoms. The van der Waals surface area contributed by atoms with E-state index in [0.29, 0.717) is 12.1 Å². The molecule has 0 aromatic rings. The van der Waals surface area contributed by atoms with E-state index < -0.39 is 0 Å². The topological polar surface area (TPSA) is 32.3 Å². The lowest BCUT2D eigenvalue weighted by atomic mass is 10.1. The van der Waals surface area contributed by atoms with E-state index in [9.17, 15) is 4.79 Å². The molecule has 1 saturated heterocycles. The Bertz CT molecular complexity index is 250. The molecule has 1 amide bonds. The number of likely N-dealkylation sites (tertiary alicyclic amines) is 1. The summed E-state index contributed by atoms with van der Waals surface area (Å²) < 4.78 is 0. The lowest BCUT2D eigenvalue weighted by molar-refractivity contribution is -0.130. The van der Waals surface area contributed by atoms with Crippen LogP contribution < -0.4 is 5.32 Å². The molecule has 1 aliphatic heterocycles. The first-order valence-corrected chi connectivity index (χ1v) is 6.23. The fourth-order valence-corrected chi connectivity index (χ4v) is 2.16. The zero-order valence-corrected chi connectivity index (χ0v) is 10.7. The normalized spacial score (nSPS) is 22.9. The molecule has 0 saturated carbocycles. The molecular weight excluding hydrogens is 200 g/mol. The van der Waals surface area contributed by atoms with Gasteiger partial charge in [-0.3, -0.25) is 4.79 Å². The van der Waals surface area contributed by atoms with Gasteiger partial charge in [0.05, 0.1) is 6.04 Å². The molecule has 1 rings (SSSR count). The predicted molar refractivity (Wildman–Crippen MR) is 67.3 cm³/mol. The molecule has 3 nitrogen and oxygen atoms in total. The van der Waals surface area contributed by atoms with Crippen molar-refractivity contribution in [2.24, 2.45) is 0 Å². The van der Waals surface area contributed by atoms with Crippen LogP contribution in [0, 0.1) is 0 Å². The molecule has 92 valence electrons. The maximum Gasteiger partial charge on any atom is 0.240 e. The van der Waals surface area contributed by atoms with Crippen molar-refractivity contribution in [3.63, 3.8) is 0 Å². The minimum atomic E-state index is 0.0298. The lowest BCUT2D eigenvalue weighted by Gasteiger charge is -2.22. The summed E-state index contributed by atoms with van der Waals surface area (Å²) in [7, 11) is 0. The average molecular weight is 224 g/mol. The molecule has 0 spiro atoms. The van der Waals surface area contributed by atoms with Gasteiger partial charge in [0, 0.05) is 18.6 Å². The van der Waals surface area contributed by atoms with Crippen LogP contribution in [0.25, 0.3) is 0 Å². The van der Waals surface area contributed by atoms with E-state index in [0.717, 1.165) is 25.8 Å². The Labute approximate surface area is 98.9 Å². The highest BCUT2D eigenvalue weighted by molar-refractivity contribution is 5.84. The molecule has 1 heterocycles. The van der Waals surface area contributed by atoms with Crippen LogP contribution in [0.1, 0.15) is 40.0 Å². The third kappa shape index (κ3) is 3.34. The van der Waals surface area contributed by atoms with Crippen LogP contribution in [0.3, 0.4) is 0 Å². The second-order valence-corrected chi connectivity index (χ2v) is 4.90. The van der Waals surface area contributed by atoms with E-state index in [2.05, 4.69) is 32.7 Å². The molecule has 0 aliphatic carbocycles. The Morgan fingerprint density at radius 1 is 1.56 bits per heavy atom. The van der Waals surface area contributed by atoms with E-state index in [-0.39, 0.29) is 11.9 Å². The minimum absolute atomic E-state index is 0.0298. The van der Waals surface area contributed by atoms with Crippen LogP contribution in [-0.4, -0.2) is 35.5 Å². The van der Waals surface area contributed by atoms with Gasteiger partial charge in [-0.25, -0.2) is 0 Å². The van der Waals surface area contributed by atoms with Gasteiger partial charge in [0.15, 0.2) is 0 Å². The zero-order chi connectivity index (χ0) is 12.1. The van der Waals surface area contributed by atoms with Gasteiger partial charge in [0.25, 0.3) is 0 Å². The summed E-state index contributed by atoms with van der Waals surface area (Å²) in [6.07, 6.45) is 4.92. The fraction of sp³-hybridized carbons (Fsp3) is 0.769. The smallest absolute Gasteiger partial charge is 0.240 e. The van der Waals surface area contributed by atoms with Gasteiger partial charge in [-0.15, -0.1) is 6.58 Å². The first-order valence-electron chi connectivity index (χ1n) is 6.23. The fourth-order valence-electron chi connectivity index (χ4n) is 2.16. The third-order valence-electron chi connectivity index (χ3n) is 3.15. The van der Waals surface area contributed by atoms with Crippen LogP contribution in [0.5, 0.6) is 0 Å². The number of hydrogen-bond acceptors (Lipinski definition) is 2. The summed E-state index contributed by atoms with van der Waals surface area (Å²) in [5.41, 5.74) is 0. The monoisotopic (exact) mass is 224 g/mol. The highest BCUT2D eigenvalue weighted by atomic mass is 16.2. The lowest BCUT2D eigenvalue weighted by Crippen LogP contribution is -2.44. The first-order chi connectivity index (χ1) is 7.56. The van der Waals surface area contributed by atoms with Crippen LogP contribution in [0.15, 0.2) is 12.7 Å². The second kappa shape index (κ2) is 6.04. The number of rotatable bonds is 6. The average Bonchev–Trinajstić information content (AvgIpc) is 2.57. The first kappa shape index (κ1) is 13.2. The summed E-state index contributed by atoms with van der Waals surface area (Å²) in [5.74, 6) is 0.264. The molecule has 1 N–H and O–H groups in total. The molecule has 1 aliphatic rings. The molecular formula is C13H24N2O. The molecule has 2 unspecified atom stereocenters. The van der Waals surface area contributed by atoms with Crippen LogP contribution in [0.2, 0.25) is 0 Å². The zero-order valence-electron chi connectivity index (χ0n) is 10.7. The summed E-state index contributed by atoms with van der Waals surface area (Å²) in [4.78, 5) is 14.0. The maximum atomic E-state index is 12.0. The highest BCUT2D eigenvalue weighted by Gasteiger charge is 2.33.